The molecule has 0 saturated carbocycles. The van der Waals surface area contributed by atoms with E-state index in [0.29, 0.717) is 6.61 Å². The summed E-state index contributed by atoms with van der Waals surface area (Å²) in [6, 6.07) is 7.93. The molecule has 1 rings (SSSR count). The third kappa shape index (κ3) is 6.03. The molecule has 0 spiro atoms. The van der Waals surface area contributed by atoms with Crippen LogP contribution in [0.15, 0.2) is 40.9 Å². The van der Waals surface area contributed by atoms with Gasteiger partial charge in [0, 0.05) is 23.1 Å². The first-order valence-electron chi connectivity index (χ1n) is 6.37. The molecule has 1 aromatic carbocycles. The number of aliphatic hydroxyl groups is 1. The minimum atomic E-state index is -0.313. The van der Waals surface area contributed by atoms with Gasteiger partial charge < -0.3 is 9.84 Å². The van der Waals surface area contributed by atoms with Crippen molar-refractivity contribution in [1.82, 2.24) is 0 Å². The van der Waals surface area contributed by atoms with Crippen molar-refractivity contribution in [3.8, 4) is 0 Å². The van der Waals surface area contributed by atoms with E-state index in [1.807, 2.05) is 24.3 Å². The second kappa shape index (κ2) is 8.88. The number of esters is 1. The van der Waals surface area contributed by atoms with Gasteiger partial charge in [-0.25, -0.2) is 4.79 Å². The number of carbonyl (C=O) groups is 1. The van der Waals surface area contributed by atoms with Crippen molar-refractivity contribution in [3.63, 3.8) is 0 Å². The van der Waals surface area contributed by atoms with Crippen LogP contribution in [0.3, 0.4) is 0 Å². The molecule has 0 heterocycles. The first-order chi connectivity index (χ1) is 9.17. The number of aliphatic hydroxyl groups excluding tert-OH is 1. The van der Waals surface area contributed by atoms with Crippen LogP contribution in [0.25, 0.3) is 0 Å². The number of allylic oxidation sites excluding steroid dienone is 1. The summed E-state index contributed by atoms with van der Waals surface area (Å²) in [7, 11) is 0. The maximum Gasteiger partial charge on any atom is 0.330 e. The lowest BCUT2D eigenvalue weighted by molar-refractivity contribution is -0.137. The van der Waals surface area contributed by atoms with Crippen LogP contribution in [-0.2, 0) is 9.53 Å². The zero-order valence-corrected chi connectivity index (χ0v) is 12.6. The Kier molecular flexibility index (Phi) is 7.45. The van der Waals surface area contributed by atoms with E-state index in [-0.39, 0.29) is 18.5 Å². The average molecular weight is 327 g/mol. The Morgan fingerprint density at radius 1 is 1.42 bits per heavy atom. The van der Waals surface area contributed by atoms with Gasteiger partial charge in [0.05, 0.1) is 6.61 Å². The molecule has 0 bridgehead atoms. The van der Waals surface area contributed by atoms with Crippen molar-refractivity contribution < 1.29 is 14.6 Å². The topological polar surface area (TPSA) is 46.5 Å². The summed E-state index contributed by atoms with van der Waals surface area (Å²) in [5.41, 5.74) is 1.11. The number of rotatable bonds is 7. The molecule has 1 unspecified atom stereocenters. The molecular weight excluding hydrogens is 308 g/mol. The van der Waals surface area contributed by atoms with Crippen LogP contribution in [-0.4, -0.2) is 24.3 Å². The third-order valence-corrected chi connectivity index (χ3v) is 3.31. The molecule has 1 N–H and O–H groups in total. The molecule has 4 heteroatoms. The zero-order valence-electron chi connectivity index (χ0n) is 11.0. The van der Waals surface area contributed by atoms with E-state index in [9.17, 15) is 9.90 Å². The molecule has 0 aliphatic heterocycles. The summed E-state index contributed by atoms with van der Waals surface area (Å²) in [4.78, 5) is 11.1. The van der Waals surface area contributed by atoms with Crippen molar-refractivity contribution in [2.24, 2.45) is 0 Å². The van der Waals surface area contributed by atoms with Gasteiger partial charge >= 0.3 is 5.97 Å². The van der Waals surface area contributed by atoms with Crippen LogP contribution >= 0.6 is 15.9 Å². The fraction of sp³-hybridized carbons (Fsp3) is 0.400. The summed E-state index contributed by atoms with van der Waals surface area (Å²) in [5, 5.41) is 9.41. The van der Waals surface area contributed by atoms with Crippen LogP contribution in [0.1, 0.15) is 31.2 Å². The Hall–Kier alpha value is -1.13. The number of hydrogen-bond acceptors (Lipinski definition) is 3. The highest BCUT2D eigenvalue weighted by atomic mass is 79.9. The smallest absolute Gasteiger partial charge is 0.330 e. The lowest BCUT2D eigenvalue weighted by Gasteiger charge is -2.13. The van der Waals surface area contributed by atoms with Gasteiger partial charge in [-0.1, -0.05) is 34.1 Å². The Labute approximate surface area is 122 Å². The fourth-order valence-corrected chi connectivity index (χ4v) is 2.03. The highest BCUT2D eigenvalue weighted by Gasteiger charge is 2.09. The molecule has 104 valence electrons. The maximum absolute atomic E-state index is 11.1. The van der Waals surface area contributed by atoms with Crippen molar-refractivity contribution >= 4 is 21.9 Å². The highest BCUT2D eigenvalue weighted by molar-refractivity contribution is 9.10. The third-order valence-electron chi connectivity index (χ3n) is 2.78. The summed E-state index contributed by atoms with van der Waals surface area (Å²) >= 11 is 3.39. The first-order valence-corrected chi connectivity index (χ1v) is 7.16. The SMILES string of the molecule is CCOC(=O)C=CCCC(CO)c1ccc(Br)cc1. The van der Waals surface area contributed by atoms with Crippen LogP contribution in [0.5, 0.6) is 0 Å². The van der Waals surface area contributed by atoms with Gasteiger partial charge in [0.1, 0.15) is 0 Å². The molecule has 3 nitrogen and oxygen atoms in total. The zero-order chi connectivity index (χ0) is 14.1. The summed E-state index contributed by atoms with van der Waals surface area (Å²) in [6.07, 6.45) is 4.77. The molecule has 0 saturated heterocycles. The standard InChI is InChI=1S/C15H19BrO3/c1-2-19-15(18)6-4-3-5-13(11-17)12-7-9-14(16)10-8-12/h4,6-10,13,17H,2-3,5,11H2,1H3. The van der Waals surface area contributed by atoms with E-state index >= 15 is 0 Å². The van der Waals surface area contributed by atoms with Crippen LogP contribution < -0.4 is 0 Å². The summed E-state index contributed by atoms with van der Waals surface area (Å²) in [5.74, 6) is -0.216. The number of hydrogen-bond donors (Lipinski definition) is 1. The minimum Gasteiger partial charge on any atom is -0.463 e. The highest BCUT2D eigenvalue weighted by Crippen LogP contribution is 2.22. The molecule has 0 amide bonds. The Morgan fingerprint density at radius 3 is 2.68 bits per heavy atom. The van der Waals surface area contributed by atoms with Gasteiger partial charge in [0.25, 0.3) is 0 Å². The Balaban J connectivity index is 2.45. The lowest BCUT2D eigenvalue weighted by Crippen LogP contribution is -2.04. The largest absolute Gasteiger partial charge is 0.463 e. The van der Waals surface area contributed by atoms with Gasteiger partial charge in [0.2, 0.25) is 0 Å². The molecule has 19 heavy (non-hydrogen) atoms. The summed E-state index contributed by atoms with van der Waals surface area (Å²) in [6.45, 7) is 2.28. The van der Waals surface area contributed by atoms with E-state index in [1.54, 1.807) is 13.0 Å². The predicted molar refractivity (Wildman–Crippen MR) is 79.0 cm³/mol. The number of carbonyl (C=O) groups excluding carboxylic acids is 1. The molecule has 0 radical (unpaired) electrons. The van der Waals surface area contributed by atoms with Gasteiger partial charge in [0.15, 0.2) is 0 Å². The van der Waals surface area contributed by atoms with E-state index in [1.165, 1.54) is 6.08 Å². The quantitative estimate of drug-likeness (QED) is 0.616. The van der Waals surface area contributed by atoms with Crippen molar-refractivity contribution in [2.45, 2.75) is 25.7 Å². The molecule has 1 aromatic rings. The van der Waals surface area contributed by atoms with Crippen molar-refractivity contribution in [3.05, 3.63) is 46.5 Å². The molecular formula is C15H19BrO3. The monoisotopic (exact) mass is 326 g/mol. The first kappa shape index (κ1) is 15.9. The van der Waals surface area contributed by atoms with Gasteiger partial charge in [-0.3, -0.25) is 0 Å². The summed E-state index contributed by atoms with van der Waals surface area (Å²) < 4.78 is 5.82. The molecule has 0 aliphatic rings. The minimum absolute atomic E-state index is 0.0972. The molecule has 1 atom stereocenters. The van der Waals surface area contributed by atoms with Gasteiger partial charge in [-0.15, -0.1) is 0 Å². The maximum atomic E-state index is 11.1. The van der Waals surface area contributed by atoms with Crippen molar-refractivity contribution in [2.75, 3.05) is 13.2 Å². The van der Waals surface area contributed by atoms with E-state index in [2.05, 4.69) is 15.9 Å². The van der Waals surface area contributed by atoms with E-state index in [0.717, 1.165) is 22.9 Å². The lowest BCUT2D eigenvalue weighted by atomic mass is 9.95. The molecule has 0 fully saturated rings. The number of benzene rings is 1. The fourth-order valence-electron chi connectivity index (χ4n) is 1.77. The Bertz CT molecular complexity index is 412. The van der Waals surface area contributed by atoms with Crippen LogP contribution in [0.2, 0.25) is 0 Å². The second-order valence-electron chi connectivity index (χ2n) is 4.16. The number of halogens is 1. The predicted octanol–water partition coefficient (Wildman–Crippen LogP) is 3.42. The Morgan fingerprint density at radius 2 is 2.11 bits per heavy atom. The van der Waals surface area contributed by atoms with E-state index < -0.39 is 0 Å². The van der Waals surface area contributed by atoms with E-state index in [4.69, 9.17) is 4.74 Å². The average Bonchev–Trinajstić information content (AvgIpc) is 2.41. The molecule has 0 aliphatic carbocycles. The second-order valence-corrected chi connectivity index (χ2v) is 5.08. The van der Waals surface area contributed by atoms with Crippen LogP contribution in [0, 0.1) is 0 Å². The van der Waals surface area contributed by atoms with Crippen molar-refractivity contribution in [1.29, 1.82) is 0 Å². The van der Waals surface area contributed by atoms with Crippen LogP contribution in [0.4, 0.5) is 0 Å². The van der Waals surface area contributed by atoms with Gasteiger partial charge in [-0.2, -0.15) is 0 Å². The normalized spacial score (nSPS) is 12.6. The van der Waals surface area contributed by atoms with Gasteiger partial charge in [-0.05, 0) is 37.5 Å². The number of ether oxygens (including phenoxy) is 1. The molecule has 0 aromatic heterocycles.